The fraction of sp³-hybridized carbons (Fsp3) is 0.556. The number of nitrogens with zero attached hydrogens (tertiary/aromatic N) is 2. The Labute approximate surface area is 298 Å². The molecule has 4 bridgehead atoms. The molecule has 3 amide bonds. The Bertz CT molecular complexity index is 1790. The monoisotopic (exact) mass is 725 g/mol. The number of allylic oxidation sites excluding steroid dienone is 1. The first kappa shape index (κ1) is 36.9. The van der Waals surface area contributed by atoms with Gasteiger partial charge in [0.25, 0.3) is 5.91 Å². The topological polar surface area (TPSA) is 174 Å². The molecule has 2 aliphatic heterocycles. The third kappa shape index (κ3) is 8.78. The highest BCUT2D eigenvalue weighted by atomic mass is 32.2. The van der Waals surface area contributed by atoms with Crippen LogP contribution < -0.4 is 20.1 Å². The molecule has 51 heavy (non-hydrogen) atoms. The third-order valence-corrected chi connectivity index (χ3v) is 11.3. The summed E-state index contributed by atoms with van der Waals surface area (Å²) in [5.41, 5.74) is -1.13. The molecule has 276 valence electrons. The van der Waals surface area contributed by atoms with Gasteiger partial charge >= 0.3 is 0 Å². The first-order valence-corrected chi connectivity index (χ1v) is 19.0. The molecule has 1 aromatic carbocycles. The molecular weight excluding hydrogens is 678 g/mol. The molecule has 4 aliphatic rings. The van der Waals surface area contributed by atoms with Crippen molar-refractivity contribution in [3.8, 4) is 5.88 Å². The second-order valence-corrected chi connectivity index (χ2v) is 16.5. The van der Waals surface area contributed by atoms with Gasteiger partial charge in [0.2, 0.25) is 27.7 Å². The molecule has 6 rings (SSSR count). The van der Waals surface area contributed by atoms with Crippen molar-refractivity contribution in [3.05, 3.63) is 54.8 Å². The van der Waals surface area contributed by atoms with Gasteiger partial charge in [0.1, 0.15) is 30.5 Å². The van der Waals surface area contributed by atoms with Crippen molar-refractivity contribution in [3.63, 3.8) is 0 Å². The number of carbonyl (C=O) groups is 3. The molecule has 2 saturated carbocycles. The minimum absolute atomic E-state index is 0.0276. The van der Waals surface area contributed by atoms with E-state index < -0.39 is 68.2 Å². The highest BCUT2D eigenvalue weighted by molar-refractivity contribution is 7.91. The third-order valence-electron chi connectivity index (χ3n) is 9.49. The number of ether oxygens (including phenoxy) is 2. The van der Waals surface area contributed by atoms with Gasteiger partial charge in [-0.1, -0.05) is 30.4 Å². The fourth-order valence-electron chi connectivity index (χ4n) is 6.37. The van der Waals surface area contributed by atoms with Crippen molar-refractivity contribution in [1.82, 2.24) is 25.2 Å². The van der Waals surface area contributed by atoms with E-state index in [9.17, 15) is 22.8 Å². The van der Waals surface area contributed by atoms with Crippen LogP contribution in [0.2, 0.25) is 0 Å². The molecular formula is C36H47N5O9S. The van der Waals surface area contributed by atoms with Crippen LogP contribution in [0.5, 0.6) is 5.88 Å². The number of amides is 3. The van der Waals surface area contributed by atoms with Crippen molar-refractivity contribution in [1.29, 1.82) is 0 Å². The van der Waals surface area contributed by atoms with Crippen LogP contribution >= 0.6 is 0 Å². The van der Waals surface area contributed by atoms with Gasteiger partial charge in [-0.25, -0.2) is 23.2 Å². The standard InChI is InChI=1S/C36H47N5O9S/c1-5-25-19-36(25,34(44)40-51(45,46)27-12-13-27)39-31(42)30-18-26-20-41(30)33(43)29(21-47-35(2,3)4)38-22-49-48-16-8-6-7-9-23-10-11-24-14-15-37-32(50-26)28(24)17-23/h5,7,9-11,14-15,17,25-27,29-30,38H,1,6,8,12-13,16,18-22H2,2-4H3,(H,39,42)(H,40,44)/b9-7+/t25-,26?,29+,30+,36-/m1/s1. The lowest BCUT2D eigenvalue weighted by molar-refractivity contribution is -0.300. The lowest BCUT2D eigenvalue weighted by Gasteiger charge is -2.31. The summed E-state index contributed by atoms with van der Waals surface area (Å²) >= 11 is 0. The summed E-state index contributed by atoms with van der Waals surface area (Å²) in [4.78, 5) is 58.7. The highest BCUT2D eigenvalue weighted by Crippen LogP contribution is 2.45. The molecule has 15 heteroatoms. The zero-order valence-corrected chi connectivity index (χ0v) is 30.1. The van der Waals surface area contributed by atoms with Gasteiger partial charge in [0.05, 0.1) is 30.6 Å². The molecule has 1 unspecified atom stereocenters. The van der Waals surface area contributed by atoms with Crippen LogP contribution in [0.15, 0.2) is 49.2 Å². The maximum atomic E-state index is 14.4. The van der Waals surface area contributed by atoms with E-state index in [4.69, 9.17) is 19.2 Å². The van der Waals surface area contributed by atoms with Gasteiger partial charge in [0, 0.05) is 23.9 Å². The fourth-order valence-corrected chi connectivity index (χ4v) is 7.74. The number of nitrogens with one attached hydrogen (secondary N) is 3. The Hall–Kier alpha value is -3.89. The van der Waals surface area contributed by atoms with Crippen LogP contribution in [-0.4, -0.2) is 97.1 Å². The largest absolute Gasteiger partial charge is 0.472 e. The SMILES string of the molecule is C=C[C@@H]1C[C@]1(NC(=O)[C@@H]1CC2CN1C(=O)[C@H](COC(C)(C)C)NCOOCCC/C=C/c1ccc3ccnc(c3c1)O2)C(=O)NS(=O)(=O)C1CC1. The van der Waals surface area contributed by atoms with Crippen LogP contribution in [0.25, 0.3) is 16.8 Å². The zero-order valence-electron chi connectivity index (χ0n) is 29.3. The number of hydrogen-bond acceptors (Lipinski definition) is 11. The van der Waals surface area contributed by atoms with Crippen LogP contribution in [0, 0.1) is 5.92 Å². The summed E-state index contributed by atoms with van der Waals surface area (Å²) in [6, 6.07) is 5.83. The van der Waals surface area contributed by atoms with Crippen molar-refractivity contribution in [2.24, 2.45) is 5.92 Å². The van der Waals surface area contributed by atoms with Gasteiger partial charge in [-0.15, -0.1) is 6.58 Å². The van der Waals surface area contributed by atoms with Gasteiger partial charge in [-0.3, -0.25) is 24.4 Å². The summed E-state index contributed by atoms with van der Waals surface area (Å²) in [6.45, 7) is 9.59. The quantitative estimate of drug-likeness (QED) is 0.270. The Morgan fingerprint density at radius 3 is 2.75 bits per heavy atom. The summed E-state index contributed by atoms with van der Waals surface area (Å²) in [6.07, 6.45) is 9.26. The van der Waals surface area contributed by atoms with E-state index in [1.165, 1.54) is 11.0 Å². The Kier molecular flexibility index (Phi) is 10.8. The van der Waals surface area contributed by atoms with E-state index in [1.807, 2.05) is 51.1 Å². The van der Waals surface area contributed by atoms with E-state index in [2.05, 4.69) is 33.0 Å². The van der Waals surface area contributed by atoms with E-state index in [0.717, 1.165) is 22.8 Å². The van der Waals surface area contributed by atoms with Crippen LogP contribution in [0.3, 0.4) is 0 Å². The summed E-state index contributed by atoms with van der Waals surface area (Å²) in [5, 5.41) is 6.93. The van der Waals surface area contributed by atoms with E-state index in [-0.39, 0.29) is 32.7 Å². The number of pyridine rings is 1. The predicted molar refractivity (Wildman–Crippen MR) is 188 cm³/mol. The number of benzene rings is 1. The maximum Gasteiger partial charge on any atom is 0.259 e. The molecule has 5 atom stereocenters. The lowest BCUT2D eigenvalue weighted by Crippen LogP contribution is -2.58. The molecule has 0 spiro atoms. The second-order valence-electron chi connectivity index (χ2n) is 14.6. The normalized spacial score (nSPS) is 28.2. The molecule has 0 radical (unpaired) electrons. The van der Waals surface area contributed by atoms with E-state index >= 15 is 0 Å². The van der Waals surface area contributed by atoms with Crippen molar-refractivity contribution < 1.29 is 42.1 Å². The van der Waals surface area contributed by atoms with Crippen molar-refractivity contribution in [2.75, 3.05) is 26.5 Å². The minimum Gasteiger partial charge on any atom is -0.472 e. The zero-order chi connectivity index (χ0) is 36.4. The van der Waals surface area contributed by atoms with Gasteiger partial charge < -0.3 is 19.7 Å². The molecule has 2 aromatic rings. The van der Waals surface area contributed by atoms with Crippen molar-refractivity contribution in [2.45, 2.75) is 93.9 Å². The molecule has 2 aliphatic carbocycles. The first-order valence-electron chi connectivity index (χ1n) is 17.4. The second kappa shape index (κ2) is 15.0. The van der Waals surface area contributed by atoms with Crippen LogP contribution in [0.1, 0.15) is 64.9 Å². The number of hydrogen-bond donors (Lipinski definition) is 3. The average molecular weight is 726 g/mol. The predicted octanol–water partition coefficient (Wildman–Crippen LogP) is 2.74. The van der Waals surface area contributed by atoms with Crippen LogP contribution in [-0.2, 0) is 38.9 Å². The number of aromatic nitrogens is 1. The maximum absolute atomic E-state index is 14.4. The Morgan fingerprint density at radius 1 is 1.22 bits per heavy atom. The van der Waals surface area contributed by atoms with E-state index in [1.54, 1.807) is 6.20 Å². The van der Waals surface area contributed by atoms with Gasteiger partial charge in [-0.05, 0) is 76.0 Å². The van der Waals surface area contributed by atoms with Crippen LogP contribution in [0.4, 0.5) is 0 Å². The lowest BCUT2D eigenvalue weighted by atomic mass is 10.1. The molecule has 3 heterocycles. The molecule has 1 aromatic heterocycles. The number of rotatable bonds is 8. The van der Waals surface area contributed by atoms with E-state index in [0.29, 0.717) is 31.7 Å². The van der Waals surface area contributed by atoms with Gasteiger partial charge in [-0.2, -0.15) is 0 Å². The smallest absolute Gasteiger partial charge is 0.259 e. The summed E-state index contributed by atoms with van der Waals surface area (Å²) < 4.78 is 40.0. The summed E-state index contributed by atoms with van der Waals surface area (Å²) in [5.74, 6) is -2.01. The number of carbonyl (C=O) groups excluding carboxylic acids is 3. The summed E-state index contributed by atoms with van der Waals surface area (Å²) in [7, 11) is -3.87. The molecule has 1 saturated heterocycles. The number of sulfonamides is 1. The Morgan fingerprint density at radius 2 is 2.02 bits per heavy atom. The van der Waals surface area contributed by atoms with Gasteiger partial charge in [0.15, 0.2) is 0 Å². The average Bonchev–Trinajstić information content (AvgIpc) is 4.01. The highest BCUT2D eigenvalue weighted by Gasteiger charge is 2.62. The first-order chi connectivity index (χ1) is 24.3. The molecule has 3 fully saturated rings. The molecule has 14 nitrogen and oxygen atoms in total. The van der Waals surface area contributed by atoms with Crippen molar-refractivity contribution >= 4 is 44.6 Å². The number of fused-ring (bicyclic) bond motifs is 3. The minimum atomic E-state index is -3.87. The Balaban J connectivity index is 1.30. The molecule has 3 N–H and O–H groups in total.